The molecule has 0 radical (unpaired) electrons. The lowest BCUT2D eigenvalue weighted by Crippen LogP contribution is -2.80. The van der Waals surface area contributed by atoms with Crippen LogP contribution >= 0.6 is 11.6 Å². The molecule has 0 aliphatic carbocycles. The fourth-order valence-corrected chi connectivity index (χ4v) is 2.80. The smallest absolute Gasteiger partial charge is 0.282 e. The van der Waals surface area contributed by atoms with Crippen molar-refractivity contribution in [1.29, 1.82) is 0 Å². The number of nitrogens with two attached hydrogens (primary N) is 1. The number of quaternary nitrogens is 1. The normalized spacial score (nSPS) is 14.3. The largest absolute Gasteiger partial charge is 0.325 e. The molecule has 1 aliphatic heterocycles. The summed E-state index contributed by atoms with van der Waals surface area (Å²) in [4.78, 5) is 12.8. The van der Waals surface area contributed by atoms with Crippen LogP contribution in [-0.2, 0) is 4.79 Å². The van der Waals surface area contributed by atoms with Crippen LogP contribution in [0.25, 0.3) is 0 Å². The fourth-order valence-electron chi connectivity index (χ4n) is 2.62. The molecule has 1 atom stereocenters. The summed E-state index contributed by atoms with van der Waals surface area (Å²) in [6, 6.07) is 15.0. The molecular weight excluding hydrogens is 326 g/mol. The van der Waals surface area contributed by atoms with E-state index in [4.69, 9.17) is 11.6 Å². The molecule has 3 rings (SSSR count). The van der Waals surface area contributed by atoms with Crippen molar-refractivity contribution in [1.82, 2.24) is 0 Å². The predicted octanol–water partition coefficient (Wildman–Crippen LogP) is 3.08. The van der Waals surface area contributed by atoms with Gasteiger partial charge in [0, 0.05) is 10.2 Å². The van der Waals surface area contributed by atoms with Gasteiger partial charge in [0.1, 0.15) is 0 Å². The quantitative estimate of drug-likeness (QED) is 0.804. The second-order valence-electron chi connectivity index (χ2n) is 5.37. The van der Waals surface area contributed by atoms with Crippen molar-refractivity contribution in [3.05, 3.63) is 64.7 Å². The standard InChI is InChI=1S/C17H16ClN5O/c1-2-13(11-6-4-3-5-7-11)17(24)19-15-10-12(18)8-9-14(15)16-20-22-23-21-16/h3-10,13H,2H2,1H3,(H,19,24)(H,20,21,22,23)/p+1. The second kappa shape index (κ2) is 7.33. The predicted molar refractivity (Wildman–Crippen MR) is 92.9 cm³/mol. The molecule has 24 heavy (non-hydrogen) atoms. The molecule has 1 heterocycles. The summed E-state index contributed by atoms with van der Waals surface area (Å²) >= 11 is 6.09. The maximum Gasteiger partial charge on any atom is 0.282 e. The number of amidine groups is 1. The van der Waals surface area contributed by atoms with Crippen molar-refractivity contribution < 1.29 is 10.2 Å². The zero-order chi connectivity index (χ0) is 16.9. The van der Waals surface area contributed by atoms with Crippen molar-refractivity contribution in [2.24, 2.45) is 15.5 Å². The van der Waals surface area contributed by atoms with E-state index in [1.54, 1.807) is 23.6 Å². The zero-order valence-electron chi connectivity index (χ0n) is 13.1. The van der Waals surface area contributed by atoms with Gasteiger partial charge in [0.05, 0.1) is 22.4 Å². The van der Waals surface area contributed by atoms with Crippen LogP contribution in [0.3, 0.4) is 0 Å². The highest BCUT2D eigenvalue weighted by Gasteiger charge is 2.23. The molecule has 0 bridgehead atoms. The van der Waals surface area contributed by atoms with Crippen molar-refractivity contribution in [3.8, 4) is 0 Å². The molecule has 0 saturated carbocycles. The molecule has 3 N–H and O–H groups in total. The van der Waals surface area contributed by atoms with Gasteiger partial charge >= 0.3 is 0 Å². The minimum Gasteiger partial charge on any atom is -0.325 e. The van der Waals surface area contributed by atoms with Crippen LogP contribution in [0, 0.1) is 0 Å². The topological polar surface area (TPSA) is 82.8 Å². The first-order valence-corrected chi connectivity index (χ1v) is 8.03. The van der Waals surface area contributed by atoms with Crippen LogP contribution in [0.2, 0.25) is 5.02 Å². The van der Waals surface area contributed by atoms with Crippen LogP contribution in [0.4, 0.5) is 5.69 Å². The molecule has 2 aromatic carbocycles. The van der Waals surface area contributed by atoms with Crippen molar-refractivity contribution >= 4 is 29.0 Å². The molecule has 0 aromatic heterocycles. The Kier molecular flexibility index (Phi) is 4.98. The highest BCUT2D eigenvalue weighted by atomic mass is 35.5. The van der Waals surface area contributed by atoms with Gasteiger partial charge in [-0.05, 0) is 30.2 Å². The number of carbonyl (C=O) groups excluding carboxylic acids is 1. The minimum absolute atomic E-state index is 0.0836. The Morgan fingerprint density at radius 2 is 2.04 bits per heavy atom. The molecule has 1 unspecified atom stereocenters. The van der Waals surface area contributed by atoms with E-state index in [-0.39, 0.29) is 11.8 Å². The molecule has 0 fully saturated rings. The number of rotatable bonds is 5. The highest BCUT2D eigenvalue weighted by molar-refractivity contribution is 6.31. The van der Waals surface area contributed by atoms with E-state index in [2.05, 4.69) is 20.9 Å². The molecule has 0 spiro atoms. The van der Waals surface area contributed by atoms with Gasteiger partial charge < -0.3 is 5.32 Å². The van der Waals surface area contributed by atoms with Gasteiger partial charge in [-0.1, -0.05) is 54.0 Å². The number of halogens is 1. The Morgan fingerprint density at radius 3 is 2.71 bits per heavy atom. The maximum absolute atomic E-state index is 12.8. The first-order chi connectivity index (χ1) is 11.7. The number of hydrogen-bond acceptors (Lipinski definition) is 4. The fraction of sp³-hybridized carbons (Fsp3) is 0.176. The molecule has 7 heteroatoms. The Hall–Kier alpha value is -2.57. The summed E-state index contributed by atoms with van der Waals surface area (Å²) in [6.45, 7) is 1.99. The number of hydrogen-bond donors (Lipinski definition) is 2. The third kappa shape index (κ3) is 3.50. The number of nitrogens with zero attached hydrogens (tertiary/aromatic N) is 3. The van der Waals surface area contributed by atoms with Crippen LogP contribution < -0.4 is 10.7 Å². The molecule has 1 aliphatic rings. The van der Waals surface area contributed by atoms with Gasteiger partial charge in [0.15, 0.2) is 0 Å². The Balaban J connectivity index is 1.87. The van der Waals surface area contributed by atoms with Gasteiger partial charge in [-0.2, -0.15) is 0 Å². The monoisotopic (exact) mass is 342 g/mol. The number of nitrogens with one attached hydrogen (secondary N) is 1. The average Bonchev–Trinajstić information content (AvgIpc) is 3.11. The summed E-state index contributed by atoms with van der Waals surface area (Å²) in [6.07, 6.45) is 0.698. The van der Waals surface area contributed by atoms with Gasteiger partial charge in [-0.25, -0.2) is 0 Å². The lowest BCUT2D eigenvalue weighted by atomic mass is 9.95. The number of anilines is 1. The lowest BCUT2D eigenvalue weighted by Gasteiger charge is -2.16. The van der Waals surface area contributed by atoms with Crippen LogP contribution in [0.15, 0.2) is 64.1 Å². The van der Waals surface area contributed by atoms with E-state index in [0.29, 0.717) is 23.0 Å². The van der Waals surface area contributed by atoms with Crippen molar-refractivity contribution in [3.63, 3.8) is 0 Å². The third-order valence-electron chi connectivity index (χ3n) is 3.83. The van der Waals surface area contributed by atoms with Gasteiger partial charge in [-0.3, -0.25) is 4.79 Å². The van der Waals surface area contributed by atoms with Crippen LogP contribution in [-0.4, -0.2) is 11.7 Å². The van der Waals surface area contributed by atoms with Gasteiger partial charge in [0.25, 0.3) is 5.84 Å². The zero-order valence-corrected chi connectivity index (χ0v) is 13.9. The first kappa shape index (κ1) is 16.3. The third-order valence-corrected chi connectivity index (χ3v) is 4.06. The highest BCUT2D eigenvalue weighted by Crippen LogP contribution is 2.25. The van der Waals surface area contributed by atoms with Gasteiger partial charge in [-0.15, -0.1) is 5.43 Å². The van der Waals surface area contributed by atoms with Crippen molar-refractivity contribution in [2.75, 3.05) is 5.32 Å². The Bertz CT molecular complexity index is 804. The molecule has 6 nitrogen and oxygen atoms in total. The van der Waals surface area contributed by atoms with E-state index in [9.17, 15) is 4.79 Å². The average molecular weight is 343 g/mol. The molecule has 1 amide bonds. The van der Waals surface area contributed by atoms with E-state index in [0.717, 1.165) is 11.1 Å². The molecule has 2 aromatic rings. The van der Waals surface area contributed by atoms with Crippen molar-refractivity contribution in [2.45, 2.75) is 19.3 Å². The SMILES string of the molecule is CCC(C(=O)Nc1cc(Cl)ccc1C1=NN=N[NH2+]1)c1ccccc1. The van der Waals surface area contributed by atoms with E-state index >= 15 is 0 Å². The Labute approximate surface area is 144 Å². The molecule has 122 valence electrons. The summed E-state index contributed by atoms with van der Waals surface area (Å²) < 4.78 is 0. The van der Waals surface area contributed by atoms with Crippen LogP contribution in [0.1, 0.15) is 30.4 Å². The van der Waals surface area contributed by atoms with E-state index in [1.807, 2.05) is 37.3 Å². The van der Waals surface area contributed by atoms with E-state index in [1.165, 1.54) is 0 Å². The maximum atomic E-state index is 12.8. The second-order valence-corrected chi connectivity index (χ2v) is 5.81. The number of benzene rings is 2. The lowest BCUT2D eigenvalue weighted by molar-refractivity contribution is -0.546. The summed E-state index contributed by atoms with van der Waals surface area (Å²) in [5, 5.41) is 14.8. The Morgan fingerprint density at radius 1 is 1.25 bits per heavy atom. The number of amides is 1. The number of carbonyl (C=O) groups is 1. The summed E-state index contributed by atoms with van der Waals surface area (Å²) in [5.74, 6) is 0.274. The van der Waals surface area contributed by atoms with Crippen LogP contribution in [0.5, 0.6) is 0 Å². The minimum atomic E-state index is -0.234. The summed E-state index contributed by atoms with van der Waals surface area (Å²) in [7, 11) is 0. The molecule has 0 saturated heterocycles. The van der Waals surface area contributed by atoms with Gasteiger partial charge in [0.2, 0.25) is 5.91 Å². The summed E-state index contributed by atoms with van der Waals surface area (Å²) in [5.41, 5.74) is 3.87. The first-order valence-electron chi connectivity index (χ1n) is 7.66. The molecular formula is C17H17ClN5O+. The van der Waals surface area contributed by atoms with E-state index < -0.39 is 0 Å².